The van der Waals surface area contributed by atoms with Crippen LogP contribution in [0.4, 0.5) is 0 Å². The largest absolute Gasteiger partial charge is 0.566 e. The van der Waals surface area contributed by atoms with Crippen molar-refractivity contribution in [2.24, 2.45) is 5.73 Å². The standard InChI is InChI=1S/C11H21NO5Si/c1-4-15-18(16-5-2,17-10(3)9-13)8-6-7-11(12)14/h4-8H2,1-3H3,(H2,12,14). The number of rotatable bonds is 10. The molecule has 0 aliphatic heterocycles. The number of carbonyl (C=O) groups is 1. The molecule has 2 N–H and O–H groups in total. The number of hydrogen-bond donors (Lipinski definition) is 1. The minimum Gasteiger partial charge on any atom is -0.495 e. The van der Waals surface area contributed by atoms with Crippen LogP contribution in [0.25, 0.3) is 0 Å². The van der Waals surface area contributed by atoms with Crippen molar-refractivity contribution < 1.29 is 22.9 Å². The van der Waals surface area contributed by atoms with Gasteiger partial charge in [-0.1, -0.05) is 0 Å². The lowest BCUT2D eigenvalue weighted by Crippen LogP contribution is -2.45. The second-order valence-corrected chi connectivity index (χ2v) is 6.28. The number of nitrogens with two attached hydrogens (primary N) is 1. The van der Waals surface area contributed by atoms with Crippen molar-refractivity contribution in [1.82, 2.24) is 0 Å². The Kier molecular flexibility index (Phi) is 8.31. The van der Waals surface area contributed by atoms with E-state index >= 15 is 0 Å². The van der Waals surface area contributed by atoms with Crippen LogP contribution >= 0.6 is 0 Å². The molecule has 104 valence electrons. The Hall–Kier alpha value is -1.14. The summed E-state index contributed by atoms with van der Waals surface area (Å²) in [7, 11) is -2.95. The van der Waals surface area contributed by atoms with Crippen LogP contribution in [0.15, 0.2) is 5.76 Å². The summed E-state index contributed by atoms with van der Waals surface area (Å²) in [6.45, 7) is 5.96. The van der Waals surface area contributed by atoms with Crippen molar-refractivity contribution in [3.05, 3.63) is 5.76 Å². The van der Waals surface area contributed by atoms with E-state index in [0.717, 1.165) is 0 Å². The molecule has 0 saturated carbocycles. The summed E-state index contributed by atoms with van der Waals surface area (Å²) in [5, 5.41) is 0. The van der Waals surface area contributed by atoms with E-state index in [-0.39, 0.29) is 18.1 Å². The molecule has 0 spiro atoms. The van der Waals surface area contributed by atoms with Crippen LogP contribution in [0.2, 0.25) is 6.04 Å². The Labute approximate surface area is 108 Å². The molecule has 0 aliphatic carbocycles. The first-order valence-corrected chi connectivity index (χ1v) is 7.89. The molecule has 7 heteroatoms. The molecule has 0 rings (SSSR count). The highest BCUT2D eigenvalue weighted by Gasteiger charge is 2.42. The Morgan fingerprint density at radius 2 is 1.83 bits per heavy atom. The molecule has 0 saturated heterocycles. The molecule has 6 nitrogen and oxygen atoms in total. The van der Waals surface area contributed by atoms with Crippen molar-refractivity contribution in [2.75, 3.05) is 13.2 Å². The van der Waals surface area contributed by atoms with Crippen molar-refractivity contribution in [3.63, 3.8) is 0 Å². The maximum absolute atomic E-state index is 10.7. The second kappa shape index (κ2) is 8.88. The van der Waals surface area contributed by atoms with Gasteiger partial charge in [0.15, 0.2) is 11.7 Å². The van der Waals surface area contributed by atoms with Gasteiger partial charge in [0.2, 0.25) is 5.91 Å². The maximum Gasteiger partial charge on any atom is 0.566 e. The molecule has 0 aromatic heterocycles. The molecule has 1 amide bonds. The Morgan fingerprint density at radius 1 is 1.28 bits per heavy atom. The minimum atomic E-state index is -2.95. The molecular formula is C11H21NO5Si. The van der Waals surface area contributed by atoms with Gasteiger partial charge in [0, 0.05) is 32.6 Å². The fraction of sp³-hybridized carbons (Fsp3) is 0.727. The third-order valence-corrected chi connectivity index (χ3v) is 5.13. The van der Waals surface area contributed by atoms with Gasteiger partial charge in [0.1, 0.15) is 0 Å². The molecule has 18 heavy (non-hydrogen) atoms. The van der Waals surface area contributed by atoms with E-state index in [2.05, 4.69) is 0 Å². The summed E-state index contributed by atoms with van der Waals surface area (Å²) < 4.78 is 16.6. The number of hydrogen-bond acceptors (Lipinski definition) is 5. The van der Waals surface area contributed by atoms with E-state index in [1.807, 2.05) is 13.8 Å². The summed E-state index contributed by atoms with van der Waals surface area (Å²) in [4.78, 5) is 21.2. The van der Waals surface area contributed by atoms with Gasteiger partial charge in [0.25, 0.3) is 0 Å². The van der Waals surface area contributed by atoms with Gasteiger partial charge in [-0.15, -0.1) is 0 Å². The number of primary amides is 1. The first-order valence-electron chi connectivity index (χ1n) is 5.96. The summed E-state index contributed by atoms with van der Waals surface area (Å²) in [6, 6.07) is 0.441. The van der Waals surface area contributed by atoms with Gasteiger partial charge in [-0.25, -0.2) is 4.79 Å². The molecule has 0 unspecified atom stereocenters. The van der Waals surface area contributed by atoms with E-state index in [9.17, 15) is 9.59 Å². The first kappa shape index (κ1) is 16.9. The summed E-state index contributed by atoms with van der Waals surface area (Å²) in [6.07, 6.45) is 0.746. The van der Waals surface area contributed by atoms with Crippen LogP contribution < -0.4 is 5.73 Å². The predicted octanol–water partition coefficient (Wildman–Crippen LogP) is 1.02. The van der Waals surface area contributed by atoms with Gasteiger partial charge < -0.3 is 19.0 Å². The molecule has 0 bridgehead atoms. The van der Waals surface area contributed by atoms with E-state index in [4.69, 9.17) is 19.0 Å². The minimum absolute atomic E-state index is 0.0997. The highest BCUT2D eigenvalue weighted by atomic mass is 28.4. The SMILES string of the molecule is CCO[Si](CCCC(N)=O)(OCC)OC(C)=C=O. The smallest absolute Gasteiger partial charge is 0.495 e. The van der Waals surface area contributed by atoms with Crippen LogP contribution in [0, 0.1) is 0 Å². The zero-order valence-corrected chi connectivity index (χ0v) is 12.2. The fourth-order valence-electron chi connectivity index (χ4n) is 1.47. The van der Waals surface area contributed by atoms with Crippen LogP contribution in [0.1, 0.15) is 33.6 Å². The molecule has 0 aliphatic rings. The maximum atomic E-state index is 10.7. The predicted molar refractivity (Wildman–Crippen MR) is 68.2 cm³/mol. The monoisotopic (exact) mass is 275 g/mol. The number of amides is 1. The summed E-state index contributed by atoms with van der Waals surface area (Å²) >= 11 is 0. The highest BCUT2D eigenvalue weighted by Crippen LogP contribution is 2.21. The number of carbonyl (C=O) groups excluding carboxylic acids is 2. The molecule has 0 fully saturated rings. The van der Waals surface area contributed by atoms with E-state index in [1.165, 1.54) is 6.92 Å². The normalized spacial score (nSPS) is 10.8. The van der Waals surface area contributed by atoms with Gasteiger partial charge in [-0.05, 0) is 20.3 Å². The highest BCUT2D eigenvalue weighted by molar-refractivity contribution is 6.61. The van der Waals surface area contributed by atoms with Gasteiger partial charge in [-0.3, -0.25) is 4.79 Å². The van der Waals surface area contributed by atoms with Crippen molar-refractivity contribution in [3.8, 4) is 0 Å². The van der Waals surface area contributed by atoms with Crippen molar-refractivity contribution in [2.45, 2.75) is 39.7 Å². The van der Waals surface area contributed by atoms with Crippen LogP contribution in [0.3, 0.4) is 0 Å². The van der Waals surface area contributed by atoms with Gasteiger partial charge in [0.05, 0.1) is 0 Å². The molecule has 0 atom stereocenters. The van der Waals surface area contributed by atoms with Crippen LogP contribution in [-0.2, 0) is 22.9 Å². The van der Waals surface area contributed by atoms with Crippen LogP contribution in [0.5, 0.6) is 0 Å². The third-order valence-electron chi connectivity index (χ3n) is 2.09. The lowest BCUT2D eigenvalue weighted by atomic mass is 10.3. The molecule has 0 heterocycles. The summed E-state index contributed by atoms with van der Waals surface area (Å²) in [5.41, 5.74) is 5.08. The zero-order valence-electron chi connectivity index (χ0n) is 11.2. The van der Waals surface area contributed by atoms with Crippen molar-refractivity contribution >= 4 is 20.7 Å². The second-order valence-electron chi connectivity index (χ2n) is 3.63. The number of allylic oxidation sites excluding steroid dienone is 1. The van der Waals surface area contributed by atoms with Gasteiger partial charge >= 0.3 is 8.80 Å². The van der Waals surface area contributed by atoms with E-state index < -0.39 is 8.80 Å². The topological polar surface area (TPSA) is 87.8 Å². The first-order chi connectivity index (χ1) is 8.49. The van der Waals surface area contributed by atoms with Crippen molar-refractivity contribution in [1.29, 1.82) is 0 Å². The average Bonchev–Trinajstić information content (AvgIpc) is 2.29. The van der Waals surface area contributed by atoms with E-state index in [0.29, 0.717) is 25.7 Å². The molecule has 0 aromatic carbocycles. The van der Waals surface area contributed by atoms with Gasteiger partial charge in [-0.2, -0.15) is 0 Å². The van der Waals surface area contributed by atoms with Crippen LogP contribution in [-0.4, -0.2) is 33.9 Å². The Morgan fingerprint density at radius 3 is 2.22 bits per heavy atom. The zero-order chi connectivity index (χ0) is 14.0. The quantitative estimate of drug-likeness (QED) is 0.365. The van der Waals surface area contributed by atoms with E-state index in [1.54, 1.807) is 5.94 Å². The average molecular weight is 275 g/mol. The molecule has 0 aromatic rings. The third kappa shape index (κ3) is 6.56. The fourth-order valence-corrected chi connectivity index (χ4v) is 4.06. The molecule has 0 radical (unpaired) electrons. The Balaban J connectivity index is 4.71. The molecular weight excluding hydrogens is 254 g/mol. The Bertz CT molecular complexity index is 309. The lowest BCUT2D eigenvalue weighted by molar-refractivity contribution is -0.118. The lowest BCUT2D eigenvalue weighted by Gasteiger charge is -2.28. The summed E-state index contributed by atoms with van der Waals surface area (Å²) in [5.74, 6) is 1.38.